The topological polar surface area (TPSA) is 49.3 Å². The summed E-state index contributed by atoms with van der Waals surface area (Å²) < 4.78 is 0. The Labute approximate surface area is 90.1 Å². The molecule has 0 aliphatic carbocycles. The predicted molar refractivity (Wildman–Crippen MR) is 59.9 cm³/mol. The average molecular weight is 207 g/mol. The Morgan fingerprint density at radius 2 is 2.07 bits per heavy atom. The maximum atomic E-state index is 10.6. The Bertz CT molecular complexity index is 298. The van der Waals surface area contributed by atoms with Gasteiger partial charge in [0.2, 0.25) is 0 Å². The molecule has 0 saturated heterocycles. The molecule has 0 radical (unpaired) electrons. The summed E-state index contributed by atoms with van der Waals surface area (Å²) >= 11 is 0. The molecule has 0 fully saturated rings. The number of aliphatic carboxylic acids is 1. The minimum atomic E-state index is -0.753. The van der Waals surface area contributed by atoms with Gasteiger partial charge in [0.25, 0.3) is 0 Å². The molecule has 3 nitrogen and oxygen atoms in total. The zero-order chi connectivity index (χ0) is 11.1. The summed E-state index contributed by atoms with van der Waals surface area (Å²) in [5.74, 6) is -0.753. The molecule has 0 saturated carbocycles. The van der Waals surface area contributed by atoms with Gasteiger partial charge in [-0.15, -0.1) is 0 Å². The van der Waals surface area contributed by atoms with E-state index in [4.69, 9.17) is 5.11 Å². The van der Waals surface area contributed by atoms with E-state index in [9.17, 15) is 4.79 Å². The van der Waals surface area contributed by atoms with Gasteiger partial charge < -0.3 is 10.4 Å². The summed E-state index contributed by atoms with van der Waals surface area (Å²) in [6.07, 6.45) is 0.934. The Hall–Kier alpha value is -1.35. The number of carbonyl (C=O) groups is 1. The molecule has 0 bridgehead atoms. The van der Waals surface area contributed by atoms with Gasteiger partial charge in [-0.25, -0.2) is 0 Å². The van der Waals surface area contributed by atoms with Crippen LogP contribution in [0.3, 0.4) is 0 Å². The summed E-state index contributed by atoms with van der Waals surface area (Å²) in [5, 5.41) is 11.9. The quantitative estimate of drug-likeness (QED) is 0.746. The monoisotopic (exact) mass is 207 g/mol. The van der Waals surface area contributed by atoms with Crippen LogP contribution < -0.4 is 5.32 Å². The van der Waals surface area contributed by atoms with Crippen LogP contribution in [-0.4, -0.2) is 23.7 Å². The number of benzene rings is 1. The molecule has 0 unspecified atom stereocenters. The van der Waals surface area contributed by atoms with Crippen molar-refractivity contribution in [2.75, 3.05) is 6.54 Å². The molecule has 0 amide bonds. The van der Waals surface area contributed by atoms with E-state index in [0.717, 1.165) is 13.0 Å². The van der Waals surface area contributed by atoms with Crippen molar-refractivity contribution >= 4 is 5.97 Å². The summed E-state index contributed by atoms with van der Waals surface area (Å²) in [4.78, 5) is 10.6. The first-order valence-corrected chi connectivity index (χ1v) is 5.21. The number of hydrogen-bond donors (Lipinski definition) is 2. The highest BCUT2D eigenvalue weighted by Crippen LogP contribution is 2.05. The van der Waals surface area contributed by atoms with Gasteiger partial charge >= 0.3 is 5.97 Å². The molecule has 1 rings (SSSR count). The number of nitrogens with one attached hydrogen (secondary N) is 1. The number of likely N-dealkylation sites (N-methyl/N-ethyl adjacent to an activating group) is 1. The van der Waals surface area contributed by atoms with Gasteiger partial charge in [-0.05, 0) is 18.5 Å². The van der Waals surface area contributed by atoms with E-state index in [2.05, 4.69) is 5.32 Å². The first-order valence-electron chi connectivity index (χ1n) is 5.21. The first-order chi connectivity index (χ1) is 7.22. The third-order valence-corrected chi connectivity index (χ3v) is 2.24. The molecule has 82 valence electrons. The summed E-state index contributed by atoms with van der Waals surface area (Å²) in [5.41, 5.74) is 1.17. The molecule has 0 aliphatic heterocycles. The molecule has 1 aromatic rings. The molecule has 0 heterocycles. The van der Waals surface area contributed by atoms with Gasteiger partial charge in [-0.3, -0.25) is 4.79 Å². The third-order valence-electron chi connectivity index (χ3n) is 2.24. The molecule has 0 aliphatic rings. The van der Waals surface area contributed by atoms with E-state index in [0.29, 0.717) is 0 Å². The molecule has 1 aromatic carbocycles. The van der Waals surface area contributed by atoms with Crippen molar-refractivity contribution in [3.05, 3.63) is 35.9 Å². The molecule has 0 spiro atoms. The van der Waals surface area contributed by atoms with Gasteiger partial charge in [0.15, 0.2) is 0 Å². The van der Waals surface area contributed by atoms with Crippen LogP contribution in [0, 0.1) is 0 Å². The second kappa shape index (κ2) is 6.19. The minimum absolute atomic E-state index is 0.0231. The smallest absolute Gasteiger partial charge is 0.304 e. The Kier molecular flexibility index (Phi) is 4.84. The highest BCUT2D eigenvalue weighted by molar-refractivity contribution is 5.67. The van der Waals surface area contributed by atoms with E-state index in [1.807, 2.05) is 37.3 Å². The Morgan fingerprint density at radius 1 is 1.40 bits per heavy atom. The Morgan fingerprint density at radius 3 is 2.60 bits per heavy atom. The van der Waals surface area contributed by atoms with Gasteiger partial charge in [0.1, 0.15) is 0 Å². The standard InChI is InChI=1S/C12H17NO2/c1-2-13-11(9-12(14)15)8-10-6-4-3-5-7-10/h3-7,11,13H,2,8-9H2,1H3,(H,14,15)/t11-/m1/s1. The molecule has 2 N–H and O–H groups in total. The minimum Gasteiger partial charge on any atom is -0.481 e. The highest BCUT2D eigenvalue weighted by atomic mass is 16.4. The fraction of sp³-hybridized carbons (Fsp3) is 0.417. The molecule has 1 atom stereocenters. The zero-order valence-electron chi connectivity index (χ0n) is 8.94. The first kappa shape index (κ1) is 11.7. The van der Waals surface area contributed by atoms with Crippen LogP contribution in [0.15, 0.2) is 30.3 Å². The summed E-state index contributed by atoms with van der Waals surface area (Å²) in [7, 11) is 0. The van der Waals surface area contributed by atoms with Crippen LogP contribution in [0.5, 0.6) is 0 Å². The lowest BCUT2D eigenvalue weighted by Crippen LogP contribution is -2.33. The van der Waals surface area contributed by atoms with Crippen molar-refractivity contribution in [2.24, 2.45) is 0 Å². The number of carboxylic acids is 1. The summed E-state index contributed by atoms with van der Waals surface area (Å²) in [6, 6.07) is 9.97. The third kappa shape index (κ3) is 4.61. The number of hydrogen-bond acceptors (Lipinski definition) is 2. The van der Waals surface area contributed by atoms with E-state index < -0.39 is 5.97 Å². The lowest BCUT2D eigenvalue weighted by atomic mass is 10.0. The summed E-state index contributed by atoms with van der Waals surface area (Å²) in [6.45, 7) is 2.78. The Balaban J connectivity index is 2.54. The fourth-order valence-corrected chi connectivity index (χ4v) is 1.61. The van der Waals surface area contributed by atoms with Crippen LogP contribution in [0.2, 0.25) is 0 Å². The van der Waals surface area contributed by atoms with Crippen LogP contribution in [-0.2, 0) is 11.2 Å². The number of rotatable bonds is 6. The second-order valence-corrected chi connectivity index (χ2v) is 3.54. The van der Waals surface area contributed by atoms with Crippen molar-refractivity contribution in [2.45, 2.75) is 25.8 Å². The predicted octanol–water partition coefficient (Wildman–Crippen LogP) is 1.68. The van der Waals surface area contributed by atoms with E-state index >= 15 is 0 Å². The van der Waals surface area contributed by atoms with Crippen LogP contribution in [0.1, 0.15) is 18.9 Å². The maximum absolute atomic E-state index is 10.6. The van der Waals surface area contributed by atoms with Crippen molar-refractivity contribution in [1.82, 2.24) is 5.32 Å². The molecule has 15 heavy (non-hydrogen) atoms. The lowest BCUT2D eigenvalue weighted by molar-refractivity contribution is -0.137. The van der Waals surface area contributed by atoms with Crippen molar-refractivity contribution in [1.29, 1.82) is 0 Å². The molecular weight excluding hydrogens is 190 g/mol. The largest absolute Gasteiger partial charge is 0.481 e. The van der Waals surface area contributed by atoms with Crippen molar-refractivity contribution in [3.8, 4) is 0 Å². The van der Waals surface area contributed by atoms with E-state index in [-0.39, 0.29) is 12.5 Å². The average Bonchev–Trinajstić information content (AvgIpc) is 2.18. The van der Waals surface area contributed by atoms with Gasteiger partial charge in [0.05, 0.1) is 6.42 Å². The van der Waals surface area contributed by atoms with E-state index in [1.165, 1.54) is 5.56 Å². The maximum Gasteiger partial charge on any atom is 0.304 e. The van der Waals surface area contributed by atoms with Gasteiger partial charge in [0, 0.05) is 6.04 Å². The van der Waals surface area contributed by atoms with E-state index in [1.54, 1.807) is 0 Å². The van der Waals surface area contributed by atoms with Crippen LogP contribution in [0.25, 0.3) is 0 Å². The second-order valence-electron chi connectivity index (χ2n) is 3.54. The SMILES string of the molecule is CCN[C@@H](CC(=O)O)Cc1ccccc1. The fourth-order valence-electron chi connectivity index (χ4n) is 1.61. The molecule has 0 aromatic heterocycles. The van der Waals surface area contributed by atoms with Gasteiger partial charge in [-0.1, -0.05) is 37.3 Å². The zero-order valence-corrected chi connectivity index (χ0v) is 8.94. The van der Waals surface area contributed by atoms with Crippen LogP contribution >= 0.6 is 0 Å². The lowest BCUT2D eigenvalue weighted by Gasteiger charge is -2.15. The van der Waals surface area contributed by atoms with Crippen molar-refractivity contribution in [3.63, 3.8) is 0 Å². The highest BCUT2D eigenvalue weighted by Gasteiger charge is 2.12. The normalized spacial score (nSPS) is 12.3. The molecule has 3 heteroatoms. The molecular formula is C12H17NO2. The van der Waals surface area contributed by atoms with Crippen LogP contribution in [0.4, 0.5) is 0 Å². The van der Waals surface area contributed by atoms with Crippen molar-refractivity contribution < 1.29 is 9.90 Å². The number of carboxylic acid groups (broad SMARTS) is 1. The van der Waals surface area contributed by atoms with Gasteiger partial charge in [-0.2, -0.15) is 0 Å².